The zero-order chi connectivity index (χ0) is 47.8. The third kappa shape index (κ3) is 14.7. The summed E-state index contributed by atoms with van der Waals surface area (Å²) in [6, 6.07) is 23.6. The fourth-order valence-corrected chi connectivity index (χ4v) is 8.12. The van der Waals surface area contributed by atoms with Gasteiger partial charge in [-0.05, 0) is 77.6 Å². The Hall–Kier alpha value is -6.58. The molecule has 1 aromatic heterocycles. The molecule has 0 bridgehead atoms. The molecule has 0 aliphatic rings. The molecule has 0 fully saturated rings. The second-order valence-electron chi connectivity index (χ2n) is 18.0. The minimum Gasteiger partial charge on any atom is -0.368 e. The summed E-state index contributed by atoms with van der Waals surface area (Å²) in [5.41, 5.74) is 20.7. The number of nitrogens with one attached hydrogen (secondary N) is 6. The molecule has 0 spiro atoms. The first-order chi connectivity index (χ1) is 31.6. The van der Waals surface area contributed by atoms with Crippen molar-refractivity contribution in [1.82, 2.24) is 31.6 Å². The fraction of sp³-hybridized carbons (Fsp3) is 0.412. The molecule has 15 heteroatoms. The molecule has 352 valence electrons. The van der Waals surface area contributed by atoms with Crippen LogP contribution < -0.4 is 43.8 Å². The number of primary amides is 1. The Labute approximate surface area is 387 Å². The second kappa shape index (κ2) is 24.6. The van der Waals surface area contributed by atoms with Crippen molar-refractivity contribution in [1.29, 1.82) is 0 Å². The van der Waals surface area contributed by atoms with Crippen LogP contribution in [-0.4, -0.2) is 83.2 Å². The van der Waals surface area contributed by atoms with Gasteiger partial charge in [0.15, 0.2) is 0 Å². The molecular weight excluding hydrogens is 835 g/mol. The molecular formula is C51H67N9O6. The lowest BCUT2D eigenvalue weighted by atomic mass is 9.97. The minimum absolute atomic E-state index is 0.0165. The number of H-pyrrole nitrogens is 1. The van der Waals surface area contributed by atoms with Gasteiger partial charge >= 0.3 is 0 Å². The number of carbonyl (C=O) groups excluding carboxylic acids is 6. The maximum atomic E-state index is 14.8. The lowest BCUT2D eigenvalue weighted by molar-refractivity contribution is -0.135. The van der Waals surface area contributed by atoms with Crippen LogP contribution in [0.3, 0.4) is 0 Å². The number of fused-ring (bicyclic) bond motifs is 2. The normalized spacial score (nSPS) is 14.2. The number of hydrogen-bond acceptors (Lipinski definition) is 8. The molecule has 5 rings (SSSR count). The zero-order valence-corrected chi connectivity index (χ0v) is 38.5. The van der Waals surface area contributed by atoms with Crippen LogP contribution >= 0.6 is 0 Å². The molecule has 5 aromatic rings. The number of aromatic amines is 1. The Balaban J connectivity index is 1.47. The van der Waals surface area contributed by atoms with Crippen LogP contribution in [0.15, 0.2) is 103 Å². The molecule has 0 aliphatic carbocycles. The standard InChI is InChI=1S/C51H67N9O6/c1-31(2)25-41(46(54)61)56-48(63)42(26-32(3)4)58-51(66)45(29-36-30-55-40-23-11-10-21-38(36)40)60-49(64)43(27-33-15-6-5-7-16-33)59-50(65)44(57-47(62)39(53)22-12-13-24-52)28-35-19-14-18-34-17-8-9-20-37(34)35/h5-11,14-21,23,30-32,39,41-45,55H,12-13,22,24-29,52-53H2,1-4H3,(H2,54,61)(H,56,63)(H,57,62)(H,58,66)(H,59,65)(H,60,64)/t39-,41+,42+,43-,44+,45+/m1/s1. The zero-order valence-electron chi connectivity index (χ0n) is 38.5. The number of benzene rings is 4. The van der Waals surface area contributed by atoms with Gasteiger partial charge in [0, 0.05) is 36.4 Å². The molecule has 0 saturated heterocycles. The average molecular weight is 902 g/mol. The molecule has 12 N–H and O–H groups in total. The number of aromatic nitrogens is 1. The Morgan fingerprint density at radius 2 is 1.03 bits per heavy atom. The van der Waals surface area contributed by atoms with Crippen LogP contribution in [0.25, 0.3) is 21.7 Å². The van der Waals surface area contributed by atoms with Gasteiger partial charge in [0.05, 0.1) is 6.04 Å². The Morgan fingerprint density at radius 3 is 1.67 bits per heavy atom. The molecule has 6 amide bonds. The summed E-state index contributed by atoms with van der Waals surface area (Å²) < 4.78 is 0. The summed E-state index contributed by atoms with van der Waals surface area (Å²) >= 11 is 0. The smallest absolute Gasteiger partial charge is 0.243 e. The highest BCUT2D eigenvalue weighted by Gasteiger charge is 2.34. The van der Waals surface area contributed by atoms with Crippen molar-refractivity contribution in [3.05, 3.63) is 120 Å². The largest absolute Gasteiger partial charge is 0.368 e. The third-order valence-electron chi connectivity index (χ3n) is 11.6. The number of rotatable bonds is 25. The van der Waals surface area contributed by atoms with E-state index in [9.17, 15) is 28.8 Å². The van der Waals surface area contributed by atoms with Gasteiger partial charge in [0.25, 0.3) is 0 Å². The van der Waals surface area contributed by atoms with Gasteiger partial charge in [-0.3, -0.25) is 28.8 Å². The first kappa shape index (κ1) is 50.4. The lowest BCUT2D eigenvalue weighted by Crippen LogP contribution is -2.60. The quantitative estimate of drug-likeness (QED) is 0.0389. The Morgan fingerprint density at radius 1 is 0.530 bits per heavy atom. The monoisotopic (exact) mass is 902 g/mol. The van der Waals surface area contributed by atoms with Crippen molar-refractivity contribution in [2.24, 2.45) is 29.0 Å². The number of carbonyl (C=O) groups is 6. The van der Waals surface area contributed by atoms with Crippen molar-refractivity contribution >= 4 is 57.1 Å². The predicted molar refractivity (Wildman–Crippen MR) is 258 cm³/mol. The Bertz CT molecular complexity index is 2410. The molecule has 0 radical (unpaired) electrons. The van der Waals surface area contributed by atoms with Gasteiger partial charge in [-0.25, -0.2) is 0 Å². The van der Waals surface area contributed by atoms with E-state index in [1.54, 1.807) is 6.20 Å². The van der Waals surface area contributed by atoms with Gasteiger partial charge in [0.2, 0.25) is 35.4 Å². The van der Waals surface area contributed by atoms with Crippen molar-refractivity contribution in [3.63, 3.8) is 0 Å². The first-order valence-corrected chi connectivity index (χ1v) is 23.0. The molecule has 1 heterocycles. The van der Waals surface area contributed by atoms with Crippen molar-refractivity contribution in [2.45, 2.75) is 115 Å². The van der Waals surface area contributed by atoms with Crippen molar-refractivity contribution < 1.29 is 28.8 Å². The number of nitrogens with two attached hydrogens (primary N) is 3. The van der Waals surface area contributed by atoms with E-state index >= 15 is 0 Å². The van der Waals surface area contributed by atoms with E-state index < -0.39 is 71.7 Å². The summed E-state index contributed by atoms with van der Waals surface area (Å²) in [6.07, 6.45) is 4.14. The van der Waals surface area contributed by atoms with Crippen molar-refractivity contribution in [3.8, 4) is 0 Å². The molecule has 4 aromatic carbocycles. The van der Waals surface area contributed by atoms with E-state index in [0.29, 0.717) is 32.2 Å². The molecule has 0 saturated carbocycles. The molecule has 66 heavy (non-hydrogen) atoms. The number of amides is 6. The first-order valence-electron chi connectivity index (χ1n) is 23.0. The summed E-state index contributed by atoms with van der Waals surface area (Å²) in [5.74, 6) is -3.72. The average Bonchev–Trinajstić information content (AvgIpc) is 3.70. The van der Waals surface area contributed by atoms with Crippen LogP contribution in [0.2, 0.25) is 0 Å². The highest BCUT2D eigenvalue weighted by molar-refractivity contribution is 5.97. The maximum absolute atomic E-state index is 14.8. The molecule has 6 atom stereocenters. The van der Waals surface area contributed by atoms with Crippen LogP contribution in [0.4, 0.5) is 0 Å². The van der Waals surface area contributed by atoms with E-state index in [1.807, 2.05) is 125 Å². The second-order valence-corrected chi connectivity index (χ2v) is 18.0. The summed E-state index contributed by atoms with van der Waals surface area (Å²) in [4.78, 5) is 87.0. The maximum Gasteiger partial charge on any atom is 0.243 e. The lowest BCUT2D eigenvalue weighted by Gasteiger charge is -2.28. The van der Waals surface area contributed by atoms with Gasteiger partial charge in [0.1, 0.15) is 30.2 Å². The summed E-state index contributed by atoms with van der Waals surface area (Å²) in [6.45, 7) is 8.08. The minimum atomic E-state index is -1.24. The van der Waals surface area contributed by atoms with Gasteiger partial charge in [-0.2, -0.15) is 0 Å². The summed E-state index contributed by atoms with van der Waals surface area (Å²) in [7, 11) is 0. The van der Waals surface area contributed by atoms with E-state index in [-0.39, 0.29) is 37.5 Å². The summed E-state index contributed by atoms with van der Waals surface area (Å²) in [5, 5.41) is 17.0. The van der Waals surface area contributed by atoms with Gasteiger partial charge in [-0.1, -0.05) is 125 Å². The van der Waals surface area contributed by atoms with E-state index in [0.717, 1.165) is 38.4 Å². The van der Waals surface area contributed by atoms with E-state index in [4.69, 9.17) is 17.2 Å². The third-order valence-corrected chi connectivity index (χ3v) is 11.6. The number of para-hydroxylation sites is 1. The highest BCUT2D eigenvalue weighted by Crippen LogP contribution is 2.22. The van der Waals surface area contributed by atoms with Crippen LogP contribution in [0.5, 0.6) is 0 Å². The van der Waals surface area contributed by atoms with Gasteiger partial charge in [-0.15, -0.1) is 0 Å². The molecule has 15 nitrogen and oxygen atoms in total. The van der Waals surface area contributed by atoms with Crippen LogP contribution in [-0.2, 0) is 48.0 Å². The molecule has 0 aliphatic heterocycles. The van der Waals surface area contributed by atoms with Gasteiger partial charge < -0.3 is 48.8 Å². The molecule has 0 unspecified atom stereocenters. The van der Waals surface area contributed by atoms with Crippen molar-refractivity contribution in [2.75, 3.05) is 6.54 Å². The number of hydrogen-bond donors (Lipinski definition) is 9. The SMILES string of the molecule is CC(C)C[C@H](NC(=O)[C@H](CC(C)C)NC(=O)[C@H](Cc1c[nH]c2ccccc12)NC(=O)[C@@H](Cc1ccccc1)NC(=O)[C@H](Cc1cccc2ccccc12)NC(=O)[C@H](N)CCCCN)C(N)=O. The Kier molecular flexibility index (Phi) is 18.8. The van der Waals surface area contributed by atoms with Crippen LogP contribution in [0.1, 0.15) is 76.5 Å². The number of unbranched alkanes of at least 4 members (excludes halogenated alkanes) is 1. The van der Waals surface area contributed by atoms with E-state index in [2.05, 4.69) is 31.6 Å². The topological polar surface area (TPSA) is 256 Å². The predicted octanol–water partition coefficient (Wildman–Crippen LogP) is 3.81. The van der Waals surface area contributed by atoms with Crippen LogP contribution in [0, 0.1) is 11.8 Å². The fourth-order valence-electron chi connectivity index (χ4n) is 8.12. The highest BCUT2D eigenvalue weighted by atomic mass is 16.2. The van der Waals surface area contributed by atoms with E-state index in [1.165, 1.54) is 0 Å².